The van der Waals surface area contributed by atoms with Crippen LogP contribution in [0.5, 0.6) is 0 Å². The Balaban J connectivity index is 1.95. The van der Waals surface area contributed by atoms with Crippen LogP contribution >= 0.6 is 0 Å². The normalized spacial score (nSPS) is 12.9. The fourth-order valence-electron chi connectivity index (χ4n) is 4.63. The number of nitrogens with one attached hydrogen (secondary N) is 1. The number of aryl methyl sites for hydroxylation is 2. The molecule has 204 valence electrons. The van der Waals surface area contributed by atoms with Crippen LogP contribution in [-0.4, -0.2) is 33.3 Å². The van der Waals surface area contributed by atoms with Gasteiger partial charge in [0, 0.05) is 13.5 Å². The monoisotopic (exact) mass is 526 g/mol. The molecule has 0 aliphatic heterocycles. The van der Waals surface area contributed by atoms with E-state index in [-0.39, 0.29) is 11.9 Å². The van der Waals surface area contributed by atoms with Crippen LogP contribution in [-0.2, 0) is 22.5 Å². The predicted molar refractivity (Wildman–Crippen MR) is 155 cm³/mol. The van der Waals surface area contributed by atoms with Crippen LogP contribution in [0.2, 0.25) is 0 Å². The van der Waals surface area contributed by atoms with Gasteiger partial charge in [-0.25, -0.2) is 4.79 Å². The van der Waals surface area contributed by atoms with Crippen LogP contribution in [0, 0.1) is 13.8 Å². The van der Waals surface area contributed by atoms with Gasteiger partial charge in [0.15, 0.2) is 0 Å². The summed E-state index contributed by atoms with van der Waals surface area (Å²) in [6, 6.07) is 24.5. The number of carbonyl (C=O) groups is 2. The zero-order valence-electron chi connectivity index (χ0n) is 23.7. The molecular weight excluding hydrogens is 488 g/mol. The maximum Gasteiger partial charge on any atom is 0.437 e. The summed E-state index contributed by atoms with van der Waals surface area (Å²) in [6.45, 7) is 12.0. The van der Waals surface area contributed by atoms with Crippen molar-refractivity contribution in [3.8, 4) is 0 Å². The van der Waals surface area contributed by atoms with Crippen molar-refractivity contribution < 1.29 is 14.3 Å². The number of para-hydroxylation sites is 2. The molecule has 2 amide bonds. The maximum absolute atomic E-state index is 13.1. The SMILES string of the molecule is CC(=O)NCC(Cc1ccc(C)cc1)n1c(=NC(=O)OC(C)(C)C)n(Cc2ccc(C)cc2)c2ccccc21. The second-order valence-corrected chi connectivity index (χ2v) is 11.1. The Labute approximate surface area is 230 Å². The molecule has 1 heterocycles. The summed E-state index contributed by atoms with van der Waals surface area (Å²) in [5, 5.41) is 3.00. The largest absolute Gasteiger partial charge is 0.442 e. The standard InChI is InChI=1S/C32H38N4O3/c1-22-11-15-25(16-12-22)19-27(20-33-24(3)37)36-29-10-8-7-9-28(29)35(21-26-17-13-23(2)14-18-26)30(36)34-31(38)39-32(4,5)6/h7-18,27H,19-21H2,1-6H3,(H,33,37). The number of aromatic nitrogens is 2. The number of nitrogens with zero attached hydrogens (tertiary/aromatic N) is 3. The highest BCUT2D eigenvalue weighted by Gasteiger charge is 2.23. The molecule has 0 aliphatic rings. The number of amides is 2. The second kappa shape index (κ2) is 11.7. The number of hydrogen-bond donors (Lipinski definition) is 1. The summed E-state index contributed by atoms with van der Waals surface area (Å²) in [5.41, 5.74) is 6.24. The minimum absolute atomic E-state index is 0.112. The van der Waals surface area contributed by atoms with Gasteiger partial charge < -0.3 is 19.2 Å². The predicted octanol–water partition coefficient (Wildman–Crippen LogP) is 5.86. The van der Waals surface area contributed by atoms with Crippen LogP contribution in [0.4, 0.5) is 4.79 Å². The van der Waals surface area contributed by atoms with Gasteiger partial charge in [0.1, 0.15) is 5.60 Å². The summed E-state index contributed by atoms with van der Waals surface area (Å²) in [6.07, 6.45) is -0.0153. The van der Waals surface area contributed by atoms with E-state index in [1.807, 2.05) is 45.0 Å². The smallest absolute Gasteiger partial charge is 0.437 e. The van der Waals surface area contributed by atoms with Gasteiger partial charge in [-0.05, 0) is 64.3 Å². The Morgan fingerprint density at radius 3 is 2.00 bits per heavy atom. The highest BCUT2D eigenvalue weighted by molar-refractivity contribution is 5.77. The number of fused-ring (bicyclic) bond motifs is 1. The van der Waals surface area contributed by atoms with E-state index in [0.29, 0.717) is 25.1 Å². The number of hydrogen-bond acceptors (Lipinski definition) is 3. The van der Waals surface area contributed by atoms with Crippen LogP contribution in [0.25, 0.3) is 11.0 Å². The van der Waals surface area contributed by atoms with Crippen LogP contribution in [0.15, 0.2) is 77.8 Å². The molecule has 0 radical (unpaired) electrons. The first kappa shape index (κ1) is 27.9. The summed E-state index contributed by atoms with van der Waals surface area (Å²) < 4.78 is 9.75. The molecule has 39 heavy (non-hydrogen) atoms. The quantitative estimate of drug-likeness (QED) is 0.327. The zero-order valence-corrected chi connectivity index (χ0v) is 23.7. The molecule has 4 aromatic rings. The van der Waals surface area contributed by atoms with Gasteiger partial charge in [-0.1, -0.05) is 71.8 Å². The Hall–Kier alpha value is -4.13. The zero-order chi connectivity index (χ0) is 28.2. The molecule has 7 nitrogen and oxygen atoms in total. The Kier molecular flexibility index (Phi) is 8.38. The molecule has 0 fully saturated rings. The summed E-state index contributed by atoms with van der Waals surface area (Å²) in [7, 11) is 0. The average Bonchev–Trinajstić information content (AvgIpc) is 3.15. The van der Waals surface area contributed by atoms with E-state index >= 15 is 0 Å². The van der Waals surface area contributed by atoms with E-state index in [9.17, 15) is 9.59 Å². The first-order valence-corrected chi connectivity index (χ1v) is 13.3. The number of imidazole rings is 1. The summed E-state index contributed by atoms with van der Waals surface area (Å²) in [4.78, 5) is 29.7. The van der Waals surface area contributed by atoms with Crippen molar-refractivity contribution in [2.45, 2.75) is 66.2 Å². The van der Waals surface area contributed by atoms with Crippen molar-refractivity contribution in [3.63, 3.8) is 0 Å². The molecule has 1 atom stereocenters. The third-order valence-corrected chi connectivity index (χ3v) is 6.48. The fourth-order valence-corrected chi connectivity index (χ4v) is 4.63. The molecule has 4 rings (SSSR count). The highest BCUT2D eigenvalue weighted by Crippen LogP contribution is 2.22. The lowest BCUT2D eigenvalue weighted by atomic mass is 10.0. The number of ether oxygens (including phenoxy) is 1. The molecule has 1 N–H and O–H groups in total. The second-order valence-electron chi connectivity index (χ2n) is 11.1. The van der Waals surface area contributed by atoms with E-state index in [1.54, 1.807) is 0 Å². The molecular formula is C32H38N4O3. The van der Waals surface area contributed by atoms with E-state index < -0.39 is 11.7 Å². The molecule has 0 bridgehead atoms. The van der Waals surface area contributed by atoms with Crippen molar-refractivity contribution in [1.29, 1.82) is 0 Å². The van der Waals surface area contributed by atoms with E-state index in [1.165, 1.54) is 18.1 Å². The third-order valence-electron chi connectivity index (χ3n) is 6.48. The van der Waals surface area contributed by atoms with E-state index in [4.69, 9.17) is 4.74 Å². The third kappa shape index (κ3) is 7.25. The molecule has 7 heteroatoms. The minimum Gasteiger partial charge on any atom is -0.442 e. The van der Waals surface area contributed by atoms with Gasteiger partial charge in [-0.15, -0.1) is 4.99 Å². The molecule has 3 aromatic carbocycles. The van der Waals surface area contributed by atoms with Gasteiger partial charge in [0.2, 0.25) is 11.5 Å². The van der Waals surface area contributed by atoms with Crippen molar-refractivity contribution in [2.24, 2.45) is 4.99 Å². The summed E-state index contributed by atoms with van der Waals surface area (Å²) in [5.74, 6) is -0.112. The van der Waals surface area contributed by atoms with Crippen LogP contribution < -0.4 is 10.9 Å². The lowest BCUT2D eigenvalue weighted by molar-refractivity contribution is -0.119. The van der Waals surface area contributed by atoms with Crippen molar-refractivity contribution in [1.82, 2.24) is 14.5 Å². The fraction of sp³-hybridized carbons (Fsp3) is 0.344. The topological polar surface area (TPSA) is 77.6 Å². The Morgan fingerprint density at radius 2 is 1.44 bits per heavy atom. The van der Waals surface area contributed by atoms with Gasteiger partial charge in [-0.3, -0.25) is 4.79 Å². The average molecular weight is 527 g/mol. The Morgan fingerprint density at radius 1 is 0.872 bits per heavy atom. The van der Waals surface area contributed by atoms with Gasteiger partial charge in [0.25, 0.3) is 0 Å². The molecule has 0 spiro atoms. The molecule has 0 saturated carbocycles. The summed E-state index contributed by atoms with van der Waals surface area (Å²) >= 11 is 0. The molecule has 0 aliphatic carbocycles. The lowest BCUT2D eigenvalue weighted by Crippen LogP contribution is -2.37. The van der Waals surface area contributed by atoms with Crippen LogP contribution in [0.3, 0.4) is 0 Å². The first-order valence-electron chi connectivity index (χ1n) is 13.3. The van der Waals surface area contributed by atoms with Gasteiger partial charge in [-0.2, -0.15) is 0 Å². The maximum atomic E-state index is 13.1. The van der Waals surface area contributed by atoms with Crippen LogP contribution in [0.1, 0.15) is 56.0 Å². The van der Waals surface area contributed by atoms with Crippen molar-refractivity contribution in [2.75, 3.05) is 6.54 Å². The molecule has 0 saturated heterocycles. The molecule has 1 unspecified atom stereocenters. The number of benzene rings is 3. The van der Waals surface area contributed by atoms with E-state index in [0.717, 1.165) is 22.2 Å². The van der Waals surface area contributed by atoms with Crippen molar-refractivity contribution >= 4 is 23.0 Å². The van der Waals surface area contributed by atoms with E-state index in [2.05, 4.69) is 81.8 Å². The minimum atomic E-state index is -0.684. The number of rotatable bonds is 7. The van der Waals surface area contributed by atoms with Gasteiger partial charge in [0.05, 0.1) is 23.6 Å². The lowest BCUT2D eigenvalue weighted by Gasteiger charge is -2.21. The molecule has 1 aromatic heterocycles. The Bertz CT molecular complexity index is 1520. The highest BCUT2D eigenvalue weighted by atomic mass is 16.6. The van der Waals surface area contributed by atoms with Crippen molar-refractivity contribution in [3.05, 3.63) is 101 Å². The van der Waals surface area contributed by atoms with Gasteiger partial charge >= 0.3 is 6.09 Å². The first-order chi connectivity index (χ1) is 18.5. The number of carbonyl (C=O) groups excluding carboxylic acids is 2.